The fraction of sp³-hybridized carbons (Fsp3) is 0.950. The van der Waals surface area contributed by atoms with Crippen LogP contribution in [-0.2, 0) is 9.47 Å². The van der Waals surface area contributed by atoms with Crippen LogP contribution in [0.4, 0.5) is 4.79 Å². The molecular formula is C20H40O4. The summed E-state index contributed by atoms with van der Waals surface area (Å²) in [6.07, 6.45) is 18.5. The molecule has 0 spiro atoms. The van der Waals surface area contributed by atoms with Crippen LogP contribution in [0.3, 0.4) is 0 Å². The van der Waals surface area contributed by atoms with E-state index in [1.807, 2.05) is 0 Å². The van der Waals surface area contributed by atoms with E-state index in [0.29, 0.717) is 13.0 Å². The van der Waals surface area contributed by atoms with Crippen molar-refractivity contribution in [2.75, 3.05) is 19.8 Å². The van der Waals surface area contributed by atoms with Crippen molar-refractivity contribution in [3.8, 4) is 0 Å². The Morgan fingerprint density at radius 1 is 0.625 bits per heavy atom. The molecule has 144 valence electrons. The largest absolute Gasteiger partial charge is 0.505 e. The molecule has 4 heteroatoms. The topological polar surface area (TPSA) is 55.8 Å². The summed E-state index contributed by atoms with van der Waals surface area (Å²) in [6, 6.07) is 0. The van der Waals surface area contributed by atoms with Crippen LogP contribution in [0.25, 0.3) is 0 Å². The smallest absolute Gasteiger partial charge is 0.450 e. The summed E-state index contributed by atoms with van der Waals surface area (Å²) in [7, 11) is 0. The van der Waals surface area contributed by atoms with Gasteiger partial charge >= 0.3 is 6.16 Å². The molecule has 0 radical (unpaired) electrons. The lowest BCUT2D eigenvalue weighted by Crippen LogP contribution is -2.05. The van der Waals surface area contributed by atoms with E-state index in [0.717, 1.165) is 13.0 Å². The Morgan fingerprint density at radius 3 is 1.50 bits per heavy atom. The number of carbonyl (C=O) groups is 1. The summed E-state index contributed by atoms with van der Waals surface area (Å²) in [4.78, 5) is 10.1. The average molecular weight is 345 g/mol. The van der Waals surface area contributed by atoms with Crippen LogP contribution in [0.1, 0.15) is 103 Å². The van der Waals surface area contributed by atoms with Gasteiger partial charge in [0.25, 0.3) is 0 Å². The molecule has 0 bridgehead atoms. The summed E-state index contributed by atoms with van der Waals surface area (Å²) in [5.74, 6) is 0. The van der Waals surface area contributed by atoms with Gasteiger partial charge in [0.2, 0.25) is 0 Å². The first-order valence-electron chi connectivity index (χ1n) is 10.2. The van der Waals surface area contributed by atoms with Gasteiger partial charge < -0.3 is 14.6 Å². The van der Waals surface area contributed by atoms with Gasteiger partial charge in [-0.3, -0.25) is 0 Å². The number of unbranched alkanes of at least 4 members (excludes halogenated alkanes) is 13. The van der Waals surface area contributed by atoms with Crippen molar-refractivity contribution in [3.63, 3.8) is 0 Å². The van der Waals surface area contributed by atoms with E-state index in [9.17, 15) is 4.79 Å². The van der Waals surface area contributed by atoms with E-state index in [-0.39, 0.29) is 6.61 Å². The first-order valence-corrected chi connectivity index (χ1v) is 10.2. The number of rotatable bonds is 19. The highest BCUT2D eigenvalue weighted by Gasteiger charge is 1.96. The third kappa shape index (κ3) is 21.2. The van der Waals surface area contributed by atoms with Crippen molar-refractivity contribution in [1.29, 1.82) is 0 Å². The Labute approximate surface area is 149 Å². The van der Waals surface area contributed by atoms with Gasteiger partial charge in [-0.15, -0.1) is 0 Å². The second-order valence-electron chi connectivity index (χ2n) is 6.68. The van der Waals surface area contributed by atoms with E-state index in [4.69, 9.17) is 9.84 Å². The molecule has 0 amide bonds. The average Bonchev–Trinajstić information content (AvgIpc) is 2.56. The Hall–Kier alpha value is -0.770. The molecular weight excluding hydrogens is 304 g/mol. The van der Waals surface area contributed by atoms with Gasteiger partial charge in [-0.2, -0.15) is 0 Å². The molecule has 0 aromatic heterocycles. The summed E-state index contributed by atoms with van der Waals surface area (Å²) >= 11 is 0. The lowest BCUT2D eigenvalue weighted by atomic mass is 10.0. The van der Waals surface area contributed by atoms with Crippen molar-refractivity contribution in [2.45, 2.75) is 103 Å². The van der Waals surface area contributed by atoms with E-state index < -0.39 is 6.16 Å². The van der Waals surface area contributed by atoms with Crippen molar-refractivity contribution in [1.82, 2.24) is 0 Å². The molecule has 0 atom stereocenters. The summed E-state index contributed by atoms with van der Waals surface area (Å²) in [6.45, 7) is 3.87. The maximum Gasteiger partial charge on any atom is 0.505 e. The fourth-order valence-electron chi connectivity index (χ4n) is 2.82. The molecule has 0 aromatic rings. The van der Waals surface area contributed by atoms with E-state index in [1.165, 1.54) is 83.5 Å². The van der Waals surface area contributed by atoms with Crippen LogP contribution >= 0.6 is 0 Å². The minimum Gasteiger partial charge on any atom is -0.450 e. The van der Waals surface area contributed by atoms with E-state index >= 15 is 0 Å². The lowest BCUT2D eigenvalue weighted by Gasteiger charge is -2.05. The normalized spacial score (nSPS) is 10.9. The fourth-order valence-corrected chi connectivity index (χ4v) is 2.82. The molecule has 0 unspecified atom stereocenters. The predicted octanol–water partition coefficient (Wildman–Crippen LogP) is 6.57. The molecule has 0 aliphatic carbocycles. The van der Waals surface area contributed by atoms with Crippen molar-refractivity contribution in [2.24, 2.45) is 0 Å². The monoisotopic (exact) mass is 344 g/mol. The third-order valence-corrected chi connectivity index (χ3v) is 4.30. The number of hydrogen-bond donors (Lipinski definition) is 1. The maximum absolute atomic E-state index is 10.1. The Bertz CT molecular complexity index is 256. The molecule has 0 aromatic carbocycles. The van der Waals surface area contributed by atoms with Gasteiger partial charge in [-0.25, -0.2) is 4.79 Å². The maximum atomic E-state index is 10.1. The molecule has 0 aliphatic heterocycles. The van der Waals surface area contributed by atoms with Crippen LogP contribution in [0.15, 0.2) is 0 Å². The van der Waals surface area contributed by atoms with Crippen LogP contribution in [-0.4, -0.2) is 31.1 Å². The molecule has 0 saturated heterocycles. The number of hydrogen-bond acceptors (Lipinski definition) is 3. The molecule has 0 heterocycles. The van der Waals surface area contributed by atoms with E-state index in [2.05, 4.69) is 11.7 Å². The van der Waals surface area contributed by atoms with Gasteiger partial charge in [-0.05, 0) is 6.42 Å². The minimum absolute atomic E-state index is 0.230. The van der Waals surface area contributed by atoms with Crippen molar-refractivity contribution >= 4 is 6.16 Å². The lowest BCUT2D eigenvalue weighted by molar-refractivity contribution is 0.0717. The first-order chi connectivity index (χ1) is 11.8. The highest BCUT2D eigenvalue weighted by molar-refractivity contribution is 5.56. The second kappa shape index (κ2) is 20.3. The van der Waals surface area contributed by atoms with Crippen LogP contribution in [0.5, 0.6) is 0 Å². The van der Waals surface area contributed by atoms with Crippen molar-refractivity contribution < 1.29 is 19.4 Å². The molecule has 0 fully saturated rings. The first kappa shape index (κ1) is 23.2. The number of carboxylic acid groups (broad SMARTS) is 1. The van der Waals surface area contributed by atoms with Gasteiger partial charge in [0, 0.05) is 19.6 Å². The second-order valence-corrected chi connectivity index (χ2v) is 6.68. The van der Waals surface area contributed by atoms with Gasteiger partial charge in [0.05, 0.1) is 6.61 Å². The molecule has 1 N–H and O–H groups in total. The third-order valence-electron chi connectivity index (χ3n) is 4.30. The Balaban J connectivity index is 2.97. The number of ether oxygens (including phenoxy) is 2. The molecule has 24 heavy (non-hydrogen) atoms. The SMILES string of the molecule is CCCCCCCCCCCCCCCCOCCCOC(=O)O. The summed E-state index contributed by atoms with van der Waals surface area (Å²) in [5.41, 5.74) is 0. The quantitative estimate of drug-likeness (QED) is 0.213. The Kier molecular flexibility index (Phi) is 19.6. The summed E-state index contributed by atoms with van der Waals surface area (Å²) < 4.78 is 9.86. The van der Waals surface area contributed by atoms with Gasteiger partial charge in [0.15, 0.2) is 0 Å². The molecule has 0 rings (SSSR count). The zero-order valence-electron chi connectivity index (χ0n) is 15.9. The zero-order chi connectivity index (χ0) is 17.7. The standard InChI is InChI=1S/C20H40O4/c1-2-3-4-5-6-7-8-9-10-11-12-13-14-15-17-23-18-16-19-24-20(21)22/h2-19H2,1H3,(H,21,22). The summed E-state index contributed by atoms with van der Waals surface area (Å²) in [5, 5.41) is 8.29. The highest BCUT2D eigenvalue weighted by atomic mass is 16.7. The predicted molar refractivity (Wildman–Crippen MR) is 99.7 cm³/mol. The molecule has 0 aliphatic rings. The van der Waals surface area contributed by atoms with Crippen LogP contribution in [0.2, 0.25) is 0 Å². The highest BCUT2D eigenvalue weighted by Crippen LogP contribution is 2.12. The van der Waals surface area contributed by atoms with Crippen molar-refractivity contribution in [3.05, 3.63) is 0 Å². The van der Waals surface area contributed by atoms with Gasteiger partial charge in [0.1, 0.15) is 0 Å². The van der Waals surface area contributed by atoms with Crippen LogP contribution < -0.4 is 0 Å². The Morgan fingerprint density at radius 2 is 1.04 bits per heavy atom. The zero-order valence-corrected chi connectivity index (χ0v) is 15.9. The minimum atomic E-state index is -1.21. The van der Waals surface area contributed by atoms with Gasteiger partial charge in [-0.1, -0.05) is 90.4 Å². The molecule has 0 saturated carbocycles. The van der Waals surface area contributed by atoms with Crippen LogP contribution in [0, 0.1) is 0 Å². The van der Waals surface area contributed by atoms with E-state index in [1.54, 1.807) is 0 Å². The molecule has 4 nitrogen and oxygen atoms in total.